The summed E-state index contributed by atoms with van der Waals surface area (Å²) in [7, 11) is 0. The fraction of sp³-hybridized carbons (Fsp3) is 0.324. The third-order valence-corrected chi connectivity index (χ3v) is 10.5. The molecule has 4 aliphatic carbocycles. The number of carbonyl (C=O) groups is 3. The number of carbonyl (C=O) groups excluding carboxylic acids is 3. The highest BCUT2D eigenvalue weighted by Crippen LogP contribution is 2.60. The molecule has 1 N–H and O–H groups in total. The first-order valence-corrected chi connectivity index (χ1v) is 15.5. The molecule has 4 saturated carbocycles. The van der Waals surface area contributed by atoms with Crippen LogP contribution in [0.1, 0.15) is 60.8 Å². The lowest BCUT2D eigenvalue weighted by Crippen LogP contribution is -2.54. The number of anilines is 1. The third-order valence-electron chi connectivity index (χ3n) is 10.5. The Kier molecular flexibility index (Phi) is 5.97. The highest BCUT2D eigenvalue weighted by atomic mass is 16.2. The van der Waals surface area contributed by atoms with E-state index in [1.54, 1.807) is 6.08 Å². The maximum Gasteiger partial charge on any atom is 0.335 e. The number of hydrogen-bond donors (Lipinski definition) is 1. The molecule has 9 rings (SSSR count). The number of aryl methyl sites for hydroxylation is 1. The van der Waals surface area contributed by atoms with Crippen LogP contribution in [0.2, 0.25) is 0 Å². The van der Waals surface area contributed by atoms with E-state index in [0.717, 1.165) is 44.7 Å². The minimum absolute atomic E-state index is 0.0528. The van der Waals surface area contributed by atoms with Crippen LogP contribution >= 0.6 is 0 Å². The molecule has 1 aliphatic heterocycles. The van der Waals surface area contributed by atoms with E-state index in [1.165, 1.54) is 49.7 Å². The molecule has 2 heterocycles. The van der Waals surface area contributed by atoms with E-state index in [2.05, 4.69) is 53.2 Å². The molecule has 1 saturated heterocycles. The number of para-hydroxylation sites is 1. The number of nitrogens with one attached hydrogen (secondary N) is 1. The van der Waals surface area contributed by atoms with Crippen molar-refractivity contribution in [3.05, 3.63) is 107 Å². The number of amides is 4. The van der Waals surface area contributed by atoms with Crippen molar-refractivity contribution >= 4 is 40.5 Å². The number of rotatable bonds is 5. The SMILES string of the molecule is Cc1ccc(Cn2cc(/C=C3\C(=O)NC(=O)N(c4ccc(C56CC7CC(CC(C7)C5)C6)cc4)C3=O)c3ccccc32)cc1. The molecule has 6 heteroatoms. The Balaban J connectivity index is 1.10. The molecule has 0 spiro atoms. The van der Waals surface area contributed by atoms with Gasteiger partial charge in [-0.15, -0.1) is 0 Å². The van der Waals surface area contributed by atoms with Gasteiger partial charge in [0.1, 0.15) is 5.57 Å². The number of imide groups is 2. The molecule has 4 amide bonds. The van der Waals surface area contributed by atoms with Crippen LogP contribution in [0.15, 0.2) is 84.6 Å². The summed E-state index contributed by atoms with van der Waals surface area (Å²) in [6, 6.07) is 23.6. The van der Waals surface area contributed by atoms with Gasteiger partial charge in [-0.05, 0) is 104 Å². The van der Waals surface area contributed by atoms with Gasteiger partial charge in [0.05, 0.1) is 5.69 Å². The highest BCUT2D eigenvalue weighted by molar-refractivity contribution is 6.39. The van der Waals surface area contributed by atoms with Crippen LogP contribution in [-0.4, -0.2) is 22.4 Å². The Bertz CT molecular complexity index is 1780. The second kappa shape index (κ2) is 9.80. The number of aromatic nitrogens is 1. The van der Waals surface area contributed by atoms with Crippen LogP contribution in [0.5, 0.6) is 0 Å². The predicted molar refractivity (Wildman–Crippen MR) is 168 cm³/mol. The number of nitrogens with zero attached hydrogens (tertiary/aromatic N) is 2. The number of hydrogen-bond acceptors (Lipinski definition) is 3. The van der Waals surface area contributed by atoms with E-state index in [1.807, 2.05) is 42.6 Å². The molecule has 5 fully saturated rings. The molecule has 43 heavy (non-hydrogen) atoms. The minimum atomic E-state index is -0.712. The van der Waals surface area contributed by atoms with Crippen molar-refractivity contribution in [3.63, 3.8) is 0 Å². The Labute approximate surface area is 251 Å². The van der Waals surface area contributed by atoms with Crippen molar-refractivity contribution in [1.82, 2.24) is 9.88 Å². The molecule has 4 aromatic rings. The molecular weight excluding hydrogens is 534 g/mol. The third kappa shape index (κ3) is 4.43. The number of fused-ring (bicyclic) bond motifs is 1. The number of barbiturate groups is 1. The monoisotopic (exact) mass is 569 g/mol. The summed E-state index contributed by atoms with van der Waals surface area (Å²) in [4.78, 5) is 40.9. The van der Waals surface area contributed by atoms with Gasteiger partial charge in [0.25, 0.3) is 11.8 Å². The van der Waals surface area contributed by atoms with Gasteiger partial charge in [0.15, 0.2) is 0 Å². The van der Waals surface area contributed by atoms with Crippen LogP contribution in [0, 0.1) is 24.7 Å². The Morgan fingerprint density at radius 1 is 0.837 bits per heavy atom. The van der Waals surface area contributed by atoms with E-state index in [9.17, 15) is 14.4 Å². The van der Waals surface area contributed by atoms with E-state index in [-0.39, 0.29) is 11.0 Å². The van der Waals surface area contributed by atoms with E-state index < -0.39 is 17.8 Å². The zero-order chi connectivity index (χ0) is 29.3. The number of urea groups is 1. The fourth-order valence-electron chi connectivity index (χ4n) is 8.89. The Hall–Kier alpha value is -4.45. The van der Waals surface area contributed by atoms with E-state index in [4.69, 9.17) is 0 Å². The summed E-state index contributed by atoms with van der Waals surface area (Å²) in [5, 5.41) is 3.34. The van der Waals surface area contributed by atoms with Crippen LogP contribution < -0.4 is 10.2 Å². The lowest BCUT2D eigenvalue weighted by Gasteiger charge is -2.57. The van der Waals surface area contributed by atoms with Crippen molar-refractivity contribution in [1.29, 1.82) is 0 Å². The quantitative estimate of drug-likeness (QED) is 0.205. The van der Waals surface area contributed by atoms with E-state index in [0.29, 0.717) is 12.2 Å². The van der Waals surface area contributed by atoms with Gasteiger partial charge in [-0.2, -0.15) is 0 Å². The van der Waals surface area contributed by atoms with Gasteiger partial charge in [-0.3, -0.25) is 14.9 Å². The van der Waals surface area contributed by atoms with E-state index >= 15 is 0 Å². The first kappa shape index (κ1) is 26.2. The Morgan fingerprint density at radius 2 is 1.49 bits per heavy atom. The summed E-state index contributed by atoms with van der Waals surface area (Å²) in [6.07, 6.45) is 11.5. The average molecular weight is 570 g/mol. The first-order chi connectivity index (χ1) is 20.8. The van der Waals surface area contributed by atoms with Gasteiger partial charge in [-0.25, -0.2) is 9.69 Å². The van der Waals surface area contributed by atoms with Crippen molar-refractivity contribution in [2.45, 2.75) is 57.4 Å². The van der Waals surface area contributed by atoms with Crippen LogP contribution in [0.25, 0.3) is 17.0 Å². The van der Waals surface area contributed by atoms with Crippen molar-refractivity contribution in [2.75, 3.05) is 4.90 Å². The zero-order valence-electron chi connectivity index (χ0n) is 24.4. The Morgan fingerprint density at radius 3 is 2.16 bits per heavy atom. The molecule has 1 aromatic heterocycles. The van der Waals surface area contributed by atoms with Gasteiger partial charge in [0, 0.05) is 29.2 Å². The largest absolute Gasteiger partial charge is 0.342 e. The molecule has 5 aliphatic rings. The second-order valence-corrected chi connectivity index (χ2v) is 13.4. The fourth-order valence-corrected chi connectivity index (χ4v) is 8.89. The maximum absolute atomic E-state index is 13.8. The van der Waals surface area contributed by atoms with Gasteiger partial charge >= 0.3 is 6.03 Å². The van der Waals surface area contributed by atoms with Crippen LogP contribution in [0.3, 0.4) is 0 Å². The van der Waals surface area contributed by atoms with Crippen LogP contribution in [-0.2, 0) is 21.5 Å². The molecule has 216 valence electrons. The van der Waals surface area contributed by atoms with Crippen molar-refractivity contribution in [3.8, 4) is 0 Å². The molecular formula is C37H35N3O3. The number of benzene rings is 3. The first-order valence-electron chi connectivity index (χ1n) is 15.5. The zero-order valence-corrected chi connectivity index (χ0v) is 24.4. The standard InChI is InChI=1S/C37H35N3O3/c1-23-6-8-24(9-7-23)21-39-22-28(31-4-2-3-5-33(31)39)17-32-34(41)38-36(43)40(35(32)42)30-12-10-29(11-13-30)37-18-25-14-26(19-37)16-27(15-25)20-37/h2-13,17,22,25-27H,14-16,18-21H2,1H3,(H,38,41,43)/b32-17+. The van der Waals surface area contributed by atoms with Gasteiger partial charge in [-0.1, -0.05) is 60.2 Å². The lowest BCUT2D eigenvalue weighted by atomic mass is 9.48. The highest BCUT2D eigenvalue weighted by Gasteiger charge is 2.51. The van der Waals surface area contributed by atoms with Crippen molar-refractivity contribution < 1.29 is 14.4 Å². The molecule has 0 radical (unpaired) electrons. The van der Waals surface area contributed by atoms with Gasteiger partial charge in [0.2, 0.25) is 0 Å². The predicted octanol–water partition coefficient (Wildman–Crippen LogP) is 7.13. The van der Waals surface area contributed by atoms with Crippen LogP contribution in [0.4, 0.5) is 10.5 Å². The summed E-state index contributed by atoms with van der Waals surface area (Å²) in [6.45, 7) is 2.72. The summed E-state index contributed by atoms with van der Waals surface area (Å²) < 4.78 is 2.13. The summed E-state index contributed by atoms with van der Waals surface area (Å²) in [5.41, 5.74) is 6.11. The molecule has 4 bridgehead atoms. The smallest absolute Gasteiger partial charge is 0.335 e. The van der Waals surface area contributed by atoms with Crippen molar-refractivity contribution in [2.24, 2.45) is 17.8 Å². The topological polar surface area (TPSA) is 71.4 Å². The molecule has 0 atom stereocenters. The minimum Gasteiger partial charge on any atom is -0.342 e. The normalized spacial score (nSPS) is 27.4. The molecule has 3 aromatic carbocycles. The lowest BCUT2D eigenvalue weighted by molar-refractivity contribution is -0.122. The second-order valence-electron chi connectivity index (χ2n) is 13.4. The van der Waals surface area contributed by atoms with Gasteiger partial charge < -0.3 is 4.57 Å². The summed E-state index contributed by atoms with van der Waals surface area (Å²) >= 11 is 0. The maximum atomic E-state index is 13.8. The summed E-state index contributed by atoms with van der Waals surface area (Å²) in [5.74, 6) is 1.23. The average Bonchev–Trinajstić information content (AvgIpc) is 3.33. The molecule has 6 nitrogen and oxygen atoms in total. The molecule has 0 unspecified atom stereocenters.